The quantitative estimate of drug-likeness (QED) is 0.604. The van der Waals surface area contributed by atoms with E-state index in [0.717, 1.165) is 5.69 Å². The minimum atomic E-state index is -1.08. The van der Waals surface area contributed by atoms with Crippen molar-refractivity contribution in [1.29, 1.82) is 0 Å². The molecule has 8 heteroatoms. The van der Waals surface area contributed by atoms with Crippen molar-refractivity contribution >= 4 is 28.6 Å². The normalized spacial score (nSPS) is 12.4. The van der Waals surface area contributed by atoms with Gasteiger partial charge in [0.15, 0.2) is 11.8 Å². The molecule has 1 atom stereocenters. The highest BCUT2D eigenvalue weighted by Crippen LogP contribution is 2.25. The highest BCUT2D eigenvalue weighted by atomic mass is 19.1. The van der Waals surface area contributed by atoms with E-state index in [4.69, 9.17) is 4.74 Å². The lowest BCUT2D eigenvalue weighted by Gasteiger charge is -2.15. The van der Waals surface area contributed by atoms with E-state index in [1.165, 1.54) is 25.1 Å². The fourth-order valence-corrected chi connectivity index (χ4v) is 2.97. The van der Waals surface area contributed by atoms with Crippen LogP contribution in [0.25, 0.3) is 11.0 Å². The number of rotatable bonds is 6. The molecule has 1 aromatic carbocycles. The molecule has 0 saturated heterocycles. The van der Waals surface area contributed by atoms with Crippen LogP contribution in [0.3, 0.4) is 0 Å². The summed E-state index contributed by atoms with van der Waals surface area (Å²) in [6, 6.07) is 7.24. The van der Waals surface area contributed by atoms with Crippen LogP contribution in [0.1, 0.15) is 62.6 Å². The van der Waals surface area contributed by atoms with Gasteiger partial charge in [0.05, 0.1) is 17.1 Å². The zero-order chi connectivity index (χ0) is 22.0. The van der Waals surface area contributed by atoms with Gasteiger partial charge in [0.25, 0.3) is 5.91 Å². The first-order valence-corrected chi connectivity index (χ1v) is 9.83. The maximum Gasteiger partial charge on any atom is 0.339 e. The first-order valence-electron chi connectivity index (χ1n) is 9.83. The predicted molar refractivity (Wildman–Crippen MR) is 112 cm³/mol. The monoisotopic (exact) mass is 412 g/mol. The van der Waals surface area contributed by atoms with Crippen molar-refractivity contribution in [3.05, 3.63) is 53.6 Å². The SMILES string of the molecule is CC(C)c1cc(C(=O)O[C@H](C)C(=O)Nc2cccc(F)c2)c2cnn(C(C)C)c2n1. The Kier molecular flexibility index (Phi) is 6.14. The largest absolute Gasteiger partial charge is 0.449 e. The van der Waals surface area contributed by atoms with E-state index in [0.29, 0.717) is 16.6 Å². The van der Waals surface area contributed by atoms with Crippen LogP contribution in [0.2, 0.25) is 0 Å². The van der Waals surface area contributed by atoms with Crippen LogP contribution in [0.5, 0.6) is 0 Å². The van der Waals surface area contributed by atoms with Crippen molar-refractivity contribution in [2.75, 3.05) is 5.32 Å². The van der Waals surface area contributed by atoms with E-state index in [9.17, 15) is 14.0 Å². The number of nitrogens with one attached hydrogen (secondary N) is 1. The number of carbonyl (C=O) groups is 2. The van der Waals surface area contributed by atoms with Crippen LogP contribution >= 0.6 is 0 Å². The molecule has 30 heavy (non-hydrogen) atoms. The molecule has 0 saturated carbocycles. The van der Waals surface area contributed by atoms with Crippen LogP contribution in [-0.2, 0) is 9.53 Å². The van der Waals surface area contributed by atoms with Crippen LogP contribution < -0.4 is 5.32 Å². The Balaban J connectivity index is 1.86. The number of pyridine rings is 1. The van der Waals surface area contributed by atoms with Crippen molar-refractivity contribution in [1.82, 2.24) is 14.8 Å². The number of anilines is 1. The lowest BCUT2D eigenvalue weighted by atomic mass is 10.1. The maximum atomic E-state index is 13.3. The van der Waals surface area contributed by atoms with Gasteiger partial charge in [0.1, 0.15) is 5.82 Å². The molecule has 0 spiro atoms. The number of amides is 1. The molecule has 0 bridgehead atoms. The molecular formula is C22H25FN4O3. The number of esters is 1. The number of hydrogen-bond donors (Lipinski definition) is 1. The highest BCUT2D eigenvalue weighted by molar-refractivity contribution is 6.04. The van der Waals surface area contributed by atoms with Gasteiger partial charge in [0.2, 0.25) is 0 Å². The smallest absolute Gasteiger partial charge is 0.339 e. The van der Waals surface area contributed by atoms with Gasteiger partial charge in [-0.25, -0.2) is 18.9 Å². The number of halogens is 1. The second kappa shape index (κ2) is 8.61. The third-order valence-electron chi connectivity index (χ3n) is 4.63. The second-order valence-corrected chi connectivity index (χ2v) is 7.72. The van der Waals surface area contributed by atoms with E-state index in [2.05, 4.69) is 15.4 Å². The molecule has 1 N–H and O–H groups in total. The maximum absolute atomic E-state index is 13.3. The predicted octanol–water partition coefficient (Wildman–Crippen LogP) is 4.46. The molecule has 0 aliphatic carbocycles. The molecular weight excluding hydrogens is 387 g/mol. The summed E-state index contributed by atoms with van der Waals surface area (Å²) in [6.07, 6.45) is 0.507. The fourth-order valence-electron chi connectivity index (χ4n) is 2.97. The molecule has 158 valence electrons. The van der Waals surface area contributed by atoms with E-state index < -0.39 is 23.8 Å². The summed E-state index contributed by atoms with van der Waals surface area (Å²) in [7, 11) is 0. The summed E-state index contributed by atoms with van der Waals surface area (Å²) in [5.74, 6) is -1.58. The fraction of sp³-hybridized carbons (Fsp3) is 0.364. The molecule has 3 aromatic rings. The standard InChI is InChI=1S/C22H25FN4O3/c1-12(2)19-10-17(18-11-24-27(13(3)4)20(18)26-19)22(29)30-14(5)21(28)25-16-8-6-7-15(23)9-16/h6-14H,1-5H3,(H,25,28)/t14-/m1/s1. The molecule has 0 unspecified atom stereocenters. The minimum Gasteiger partial charge on any atom is -0.449 e. The van der Waals surface area contributed by atoms with Crippen LogP contribution in [0.15, 0.2) is 36.5 Å². The van der Waals surface area contributed by atoms with Gasteiger partial charge >= 0.3 is 5.97 Å². The number of aromatic nitrogens is 3. The van der Waals surface area contributed by atoms with E-state index >= 15 is 0 Å². The van der Waals surface area contributed by atoms with Crippen molar-refractivity contribution in [2.45, 2.75) is 52.7 Å². The molecule has 2 heterocycles. The van der Waals surface area contributed by atoms with E-state index in [-0.39, 0.29) is 17.6 Å². The Labute approximate surface area is 174 Å². The van der Waals surface area contributed by atoms with Crippen LogP contribution in [0, 0.1) is 5.82 Å². The summed E-state index contributed by atoms with van der Waals surface area (Å²) in [5.41, 5.74) is 1.92. The molecule has 3 rings (SSSR count). The van der Waals surface area contributed by atoms with Gasteiger partial charge in [-0.05, 0) is 51.0 Å². The lowest BCUT2D eigenvalue weighted by molar-refractivity contribution is -0.123. The first-order chi connectivity index (χ1) is 14.2. The number of fused-ring (bicyclic) bond motifs is 1. The van der Waals surface area contributed by atoms with Gasteiger partial charge in [-0.15, -0.1) is 0 Å². The molecule has 0 aliphatic rings. The van der Waals surface area contributed by atoms with Crippen molar-refractivity contribution in [2.24, 2.45) is 0 Å². The van der Waals surface area contributed by atoms with Gasteiger partial charge in [-0.2, -0.15) is 5.10 Å². The summed E-state index contributed by atoms with van der Waals surface area (Å²) in [6.45, 7) is 9.38. The number of carbonyl (C=O) groups excluding carboxylic acids is 2. The summed E-state index contributed by atoms with van der Waals surface area (Å²) >= 11 is 0. The molecule has 0 aliphatic heterocycles. The van der Waals surface area contributed by atoms with E-state index in [1.807, 2.05) is 27.7 Å². The molecule has 7 nitrogen and oxygen atoms in total. The van der Waals surface area contributed by atoms with Crippen LogP contribution in [-0.4, -0.2) is 32.7 Å². The summed E-state index contributed by atoms with van der Waals surface area (Å²) < 4.78 is 20.5. The average Bonchev–Trinajstić information content (AvgIpc) is 3.11. The number of nitrogens with zero attached hydrogens (tertiary/aromatic N) is 3. The highest BCUT2D eigenvalue weighted by Gasteiger charge is 2.24. The number of ether oxygens (including phenoxy) is 1. The molecule has 1 amide bonds. The zero-order valence-electron chi connectivity index (χ0n) is 17.6. The van der Waals surface area contributed by atoms with Gasteiger partial charge < -0.3 is 10.1 Å². The van der Waals surface area contributed by atoms with Crippen LogP contribution in [0.4, 0.5) is 10.1 Å². The van der Waals surface area contributed by atoms with Gasteiger partial charge in [-0.3, -0.25) is 4.79 Å². The second-order valence-electron chi connectivity index (χ2n) is 7.72. The van der Waals surface area contributed by atoms with Crippen molar-refractivity contribution < 1.29 is 18.7 Å². The third-order valence-corrected chi connectivity index (χ3v) is 4.63. The van der Waals surface area contributed by atoms with Gasteiger partial charge in [-0.1, -0.05) is 19.9 Å². The molecule has 0 radical (unpaired) electrons. The Morgan fingerprint density at radius 1 is 1.13 bits per heavy atom. The Bertz CT molecular complexity index is 1090. The molecule has 2 aromatic heterocycles. The lowest BCUT2D eigenvalue weighted by Crippen LogP contribution is -2.30. The van der Waals surface area contributed by atoms with Crippen molar-refractivity contribution in [3.8, 4) is 0 Å². The van der Waals surface area contributed by atoms with E-state index in [1.54, 1.807) is 23.0 Å². The first kappa shape index (κ1) is 21.4. The topological polar surface area (TPSA) is 86.1 Å². The minimum absolute atomic E-state index is 0.0669. The van der Waals surface area contributed by atoms with Crippen molar-refractivity contribution in [3.63, 3.8) is 0 Å². The average molecular weight is 412 g/mol. The molecule has 0 fully saturated rings. The summed E-state index contributed by atoms with van der Waals surface area (Å²) in [5, 5.41) is 7.45. The Morgan fingerprint density at radius 2 is 1.87 bits per heavy atom. The Morgan fingerprint density at radius 3 is 2.50 bits per heavy atom. The summed E-state index contributed by atoms with van der Waals surface area (Å²) in [4.78, 5) is 29.9. The number of hydrogen-bond acceptors (Lipinski definition) is 5. The zero-order valence-corrected chi connectivity index (χ0v) is 17.6. The Hall–Kier alpha value is -3.29. The third kappa shape index (κ3) is 4.48. The number of benzene rings is 1. The van der Waals surface area contributed by atoms with Gasteiger partial charge in [0, 0.05) is 17.4 Å².